The molecule has 0 bridgehead atoms. The zero-order chi connectivity index (χ0) is 46.5. The standard InChI is InChI=1S/C42H53N3O14S4/c1-41(2)33-26-31(62(54,55)56)12-14-35(33)44(22-24-60(48,49)50)37(41)16-10-29-8-9-30(40(29)43-20-18-28(19-21-43)6-5-7-39(46)47)11-17-38-42(3,4)34-27-32(63(57,58)59)13-15-36(34)45(38)23-25-61(51,52)53/h10-17,26-28H,5-9,18-25H2,1-4H3,(H4-,46,47,48,49,50,51,52,53,54,55,56,57,58,59)/p-3. The first kappa shape index (κ1) is 48.2. The van der Waals surface area contributed by atoms with Crippen LogP contribution >= 0.6 is 0 Å². The smallest absolute Gasteiger partial charge is 0.303 e. The van der Waals surface area contributed by atoms with Crippen LogP contribution in [-0.4, -0.2) is 111 Å². The molecule has 2 aromatic rings. The molecule has 6 rings (SSSR count). The highest BCUT2D eigenvalue weighted by atomic mass is 32.2. The van der Waals surface area contributed by atoms with Crippen molar-refractivity contribution in [3.63, 3.8) is 0 Å². The van der Waals surface area contributed by atoms with E-state index in [1.807, 2.05) is 24.3 Å². The zero-order valence-corrected chi connectivity index (χ0v) is 38.5. The van der Waals surface area contributed by atoms with E-state index in [4.69, 9.17) is 0 Å². The quantitative estimate of drug-likeness (QED) is 0.207. The highest BCUT2D eigenvalue weighted by Crippen LogP contribution is 2.50. The van der Waals surface area contributed by atoms with Crippen LogP contribution in [0.5, 0.6) is 0 Å². The molecule has 0 atom stereocenters. The van der Waals surface area contributed by atoms with Crippen LogP contribution < -0.4 is 9.80 Å². The van der Waals surface area contributed by atoms with Gasteiger partial charge in [-0.3, -0.25) is 4.79 Å². The summed E-state index contributed by atoms with van der Waals surface area (Å²) in [6, 6.07) is 7.68. The van der Waals surface area contributed by atoms with Crippen molar-refractivity contribution in [2.45, 2.75) is 93.3 Å². The monoisotopic (exact) mass is 948 g/mol. The predicted octanol–water partition coefficient (Wildman–Crippen LogP) is 4.01. The van der Waals surface area contributed by atoms with Gasteiger partial charge in [-0.15, -0.1) is 0 Å². The zero-order valence-electron chi connectivity index (χ0n) is 35.3. The van der Waals surface area contributed by atoms with Crippen LogP contribution in [0, 0.1) is 5.92 Å². The Morgan fingerprint density at radius 2 is 1.11 bits per heavy atom. The molecule has 0 unspecified atom stereocenters. The minimum Gasteiger partial charge on any atom is -0.748 e. The Bertz CT molecular complexity index is 2640. The number of fused-ring (bicyclic) bond motifs is 2. The second kappa shape index (κ2) is 17.6. The highest BCUT2D eigenvalue weighted by Gasteiger charge is 2.42. The molecule has 1 saturated heterocycles. The average Bonchev–Trinajstić information content (AvgIpc) is 3.74. The Hall–Kier alpha value is -4.22. The van der Waals surface area contributed by atoms with Gasteiger partial charge in [0.05, 0.1) is 41.5 Å². The lowest BCUT2D eigenvalue weighted by Crippen LogP contribution is -2.32. The number of hydrogen-bond acceptors (Lipinski definition) is 15. The van der Waals surface area contributed by atoms with Crippen molar-refractivity contribution in [1.82, 2.24) is 0 Å². The SMILES string of the molecule is CC1(C)/C(=C\C=C2/CC/C(=C\C=C3\N(CCS(=O)(=O)[O-])c4ccc(S(=O)(=O)[O-])cc4C3(C)C)C2=[N+]2CCC(CCCC(=O)O)CC2)N(CCS(=O)(=O)[O-])c2ccc(S(=O)(=O)[O-])cc21. The van der Waals surface area contributed by atoms with Gasteiger partial charge in [-0.2, -0.15) is 0 Å². The van der Waals surface area contributed by atoms with Crippen molar-refractivity contribution in [3.05, 3.63) is 94.4 Å². The van der Waals surface area contributed by atoms with E-state index in [1.165, 1.54) is 24.3 Å². The van der Waals surface area contributed by atoms with Gasteiger partial charge in [-0.25, -0.2) is 38.2 Å². The maximum atomic E-state index is 12.0. The number of aliphatic carboxylic acids is 1. The Kier molecular flexibility index (Phi) is 13.5. The summed E-state index contributed by atoms with van der Waals surface area (Å²) in [5.41, 5.74) is 3.70. The van der Waals surface area contributed by atoms with Crippen molar-refractivity contribution in [2.75, 3.05) is 47.5 Å². The number of anilines is 2. The van der Waals surface area contributed by atoms with E-state index in [9.17, 15) is 61.8 Å². The third-order valence-electron chi connectivity index (χ3n) is 12.5. The maximum absolute atomic E-state index is 12.0. The first-order valence-corrected chi connectivity index (χ1v) is 26.4. The largest absolute Gasteiger partial charge is 0.748 e. The lowest BCUT2D eigenvalue weighted by molar-refractivity contribution is -0.540. The highest BCUT2D eigenvalue weighted by molar-refractivity contribution is 7.86. The van der Waals surface area contributed by atoms with Gasteiger partial charge in [-0.05, 0) is 91.3 Å². The lowest BCUT2D eigenvalue weighted by atomic mass is 9.83. The van der Waals surface area contributed by atoms with Gasteiger partial charge < -0.3 is 33.1 Å². The van der Waals surface area contributed by atoms with Crippen molar-refractivity contribution < 1.29 is 66.4 Å². The Balaban J connectivity index is 1.46. The fraction of sp³-hybridized carbons (Fsp3) is 0.476. The number of nitrogens with zero attached hydrogens (tertiary/aromatic N) is 3. The van der Waals surface area contributed by atoms with Crippen LogP contribution in [0.25, 0.3) is 0 Å². The molecule has 0 radical (unpaired) electrons. The van der Waals surface area contributed by atoms with Gasteiger partial charge >= 0.3 is 5.97 Å². The molecule has 0 amide bonds. The molecule has 2 fully saturated rings. The van der Waals surface area contributed by atoms with E-state index >= 15 is 0 Å². The fourth-order valence-corrected chi connectivity index (χ4v) is 11.1. The number of rotatable bonds is 14. The molecule has 1 N–H and O–H groups in total. The summed E-state index contributed by atoms with van der Waals surface area (Å²) in [5.74, 6) is -2.03. The molecule has 63 heavy (non-hydrogen) atoms. The summed E-state index contributed by atoms with van der Waals surface area (Å²) in [4.78, 5) is 13.6. The molecule has 17 nitrogen and oxygen atoms in total. The number of carbonyl (C=O) groups is 1. The normalized spacial score (nSPS) is 22.8. The molecule has 0 spiro atoms. The molecule has 344 valence electrons. The summed E-state index contributed by atoms with van der Waals surface area (Å²) in [6.45, 7) is 8.01. The first-order valence-electron chi connectivity index (χ1n) is 20.4. The van der Waals surface area contributed by atoms with Gasteiger partial charge in [0.15, 0.2) is 0 Å². The van der Waals surface area contributed by atoms with E-state index in [1.54, 1.807) is 37.5 Å². The number of benzene rings is 2. The van der Waals surface area contributed by atoms with Crippen LogP contribution in [-0.2, 0) is 56.1 Å². The van der Waals surface area contributed by atoms with Gasteiger partial charge in [0, 0.05) is 77.1 Å². The summed E-state index contributed by atoms with van der Waals surface area (Å²) in [6.07, 6.45) is 11.5. The molecule has 21 heteroatoms. The molecule has 3 heterocycles. The van der Waals surface area contributed by atoms with Crippen LogP contribution in [0.1, 0.15) is 83.8 Å². The lowest BCUT2D eigenvalue weighted by Gasteiger charge is -2.27. The third-order valence-corrected chi connectivity index (χ3v) is 15.6. The summed E-state index contributed by atoms with van der Waals surface area (Å²) >= 11 is 0. The molecule has 1 aliphatic carbocycles. The first-order chi connectivity index (χ1) is 29.1. The average molecular weight is 949 g/mol. The summed E-state index contributed by atoms with van der Waals surface area (Å²) in [5, 5.41) is 9.17. The topological polar surface area (TPSA) is 276 Å². The fourth-order valence-electron chi connectivity index (χ4n) is 9.30. The molecular formula is C42H50N3O14S4-3. The number of hydrogen-bond donors (Lipinski definition) is 1. The van der Waals surface area contributed by atoms with Crippen molar-refractivity contribution in [1.29, 1.82) is 0 Å². The number of carboxylic acids is 1. The Morgan fingerprint density at radius 1 is 0.698 bits per heavy atom. The predicted molar refractivity (Wildman–Crippen MR) is 229 cm³/mol. The number of carboxylic acid groups (broad SMARTS) is 1. The van der Waals surface area contributed by atoms with Crippen LogP contribution in [0.3, 0.4) is 0 Å². The van der Waals surface area contributed by atoms with Gasteiger partial charge in [-0.1, -0.05) is 39.8 Å². The van der Waals surface area contributed by atoms with E-state index in [2.05, 4.69) is 4.58 Å². The number of allylic oxidation sites excluding steroid dienone is 8. The van der Waals surface area contributed by atoms with Gasteiger partial charge in [0.1, 0.15) is 33.3 Å². The number of piperidine rings is 1. The molecule has 3 aliphatic heterocycles. The molecule has 1 saturated carbocycles. The maximum Gasteiger partial charge on any atom is 0.303 e. The minimum atomic E-state index is -4.84. The molecule has 4 aliphatic rings. The van der Waals surface area contributed by atoms with E-state index < -0.39 is 78.6 Å². The van der Waals surface area contributed by atoms with E-state index in [0.29, 0.717) is 72.2 Å². The Labute approximate surface area is 369 Å². The van der Waals surface area contributed by atoms with Crippen molar-refractivity contribution in [2.24, 2.45) is 5.92 Å². The van der Waals surface area contributed by atoms with Gasteiger partial charge in [0.25, 0.3) is 0 Å². The molecule has 2 aromatic carbocycles. The van der Waals surface area contributed by atoms with Crippen LogP contribution in [0.4, 0.5) is 11.4 Å². The van der Waals surface area contributed by atoms with E-state index in [-0.39, 0.29) is 19.5 Å². The molecular weight excluding hydrogens is 899 g/mol. The summed E-state index contributed by atoms with van der Waals surface area (Å²) < 4.78 is 145. The van der Waals surface area contributed by atoms with Crippen LogP contribution in [0.2, 0.25) is 0 Å². The Morgan fingerprint density at radius 3 is 1.48 bits per heavy atom. The summed E-state index contributed by atoms with van der Waals surface area (Å²) in [7, 11) is -19.0. The van der Waals surface area contributed by atoms with Gasteiger partial charge in [0.2, 0.25) is 5.71 Å². The molecule has 0 aromatic heterocycles. The van der Waals surface area contributed by atoms with Crippen LogP contribution in [0.15, 0.2) is 93.0 Å². The third kappa shape index (κ3) is 10.8. The minimum absolute atomic E-state index is 0.0820. The van der Waals surface area contributed by atoms with Crippen molar-refractivity contribution >= 4 is 63.5 Å². The van der Waals surface area contributed by atoms with E-state index in [0.717, 1.165) is 48.3 Å². The second-order valence-electron chi connectivity index (χ2n) is 17.4. The van der Waals surface area contributed by atoms with Crippen molar-refractivity contribution in [3.8, 4) is 0 Å². The second-order valence-corrected chi connectivity index (χ2v) is 23.2.